The van der Waals surface area contributed by atoms with Crippen molar-refractivity contribution in [1.29, 1.82) is 0 Å². The van der Waals surface area contributed by atoms with E-state index in [9.17, 15) is 0 Å². The number of hydrogen-bond donors (Lipinski definition) is 0. The first-order valence-corrected chi connectivity index (χ1v) is 0. The quantitative estimate of drug-likeness (QED) is 0.593. The number of hydrogen-bond acceptors (Lipinski definition) is 0. The zero-order valence-electron chi connectivity index (χ0n) is 2.38. The SMILES string of the molecule is Br.Br.Br.C.C.C.[Al].[Al]. The average molecular weight is 345 g/mol. The average Bonchev–Trinajstić information content (AvgIpc) is 0. The van der Waals surface area contributed by atoms with E-state index in [0.29, 0.717) is 0 Å². The second-order valence-electron chi connectivity index (χ2n) is 0. The van der Waals surface area contributed by atoms with Crippen LogP contribution in [0.1, 0.15) is 22.3 Å². The molecule has 0 nitrogen and oxygen atoms in total. The Balaban J connectivity index is 0. The Morgan fingerprint density at radius 2 is 0.375 bits per heavy atom. The van der Waals surface area contributed by atoms with Crippen LogP contribution in [0.15, 0.2) is 0 Å². The molecule has 0 spiro atoms. The van der Waals surface area contributed by atoms with Gasteiger partial charge in [-0.25, -0.2) is 0 Å². The molecule has 0 aliphatic heterocycles. The number of rotatable bonds is 0. The first-order chi connectivity index (χ1) is 0. The van der Waals surface area contributed by atoms with Crippen LogP contribution in [0.25, 0.3) is 0 Å². The van der Waals surface area contributed by atoms with Crippen LogP contribution in [-0.2, 0) is 0 Å². The van der Waals surface area contributed by atoms with Gasteiger partial charge in [-0.2, -0.15) is 0 Å². The van der Waals surface area contributed by atoms with Crippen molar-refractivity contribution in [3.8, 4) is 0 Å². The highest BCUT2D eigenvalue weighted by Crippen LogP contribution is 0.848. The normalized spacial score (nSPS) is 0. The minimum absolute atomic E-state index is 0. The fourth-order valence-electron chi connectivity index (χ4n) is 0. The highest BCUT2D eigenvalue weighted by atomic mass is 79.9. The molecule has 0 saturated heterocycles. The summed E-state index contributed by atoms with van der Waals surface area (Å²) < 4.78 is 0. The van der Waals surface area contributed by atoms with Crippen LogP contribution in [0.4, 0.5) is 0 Å². The summed E-state index contributed by atoms with van der Waals surface area (Å²) in [6.45, 7) is 0. The molecule has 0 rings (SSSR count). The molecule has 0 aliphatic carbocycles. The molecular formula is C3H15Al2Br3. The van der Waals surface area contributed by atoms with E-state index in [4.69, 9.17) is 0 Å². The smallest absolute Gasteiger partial charge is 0 e. The fourth-order valence-corrected chi connectivity index (χ4v) is 0. The summed E-state index contributed by atoms with van der Waals surface area (Å²) in [6.07, 6.45) is 0. The van der Waals surface area contributed by atoms with E-state index >= 15 is 0 Å². The Kier molecular flexibility index (Phi) is 2070. The van der Waals surface area contributed by atoms with E-state index in [0.717, 1.165) is 0 Å². The van der Waals surface area contributed by atoms with Crippen LogP contribution in [-0.4, -0.2) is 34.7 Å². The van der Waals surface area contributed by atoms with E-state index in [1.165, 1.54) is 0 Å². The molecule has 0 unspecified atom stereocenters. The van der Waals surface area contributed by atoms with Crippen LogP contribution >= 0.6 is 50.9 Å². The Hall–Kier alpha value is 2.50. The van der Waals surface area contributed by atoms with Crippen LogP contribution in [0.2, 0.25) is 0 Å². The third-order valence-corrected chi connectivity index (χ3v) is 0. The molecule has 8 heavy (non-hydrogen) atoms. The molecule has 0 aromatic heterocycles. The molecule has 0 heterocycles. The lowest BCUT2D eigenvalue weighted by Crippen LogP contribution is -0.382. The van der Waals surface area contributed by atoms with E-state index in [-0.39, 0.29) is 108 Å². The molecule has 54 valence electrons. The van der Waals surface area contributed by atoms with E-state index < -0.39 is 0 Å². The van der Waals surface area contributed by atoms with Crippen LogP contribution in [0.3, 0.4) is 0 Å². The lowest BCUT2D eigenvalue weighted by molar-refractivity contribution is 2.50. The third-order valence-electron chi connectivity index (χ3n) is 0. The third kappa shape index (κ3) is 76.3. The van der Waals surface area contributed by atoms with Gasteiger partial charge in [-0.05, 0) is 0 Å². The van der Waals surface area contributed by atoms with Gasteiger partial charge in [0.1, 0.15) is 0 Å². The van der Waals surface area contributed by atoms with Crippen molar-refractivity contribution in [3.05, 3.63) is 0 Å². The molecule has 0 N–H and O–H groups in total. The van der Waals surface area contributed by atoms with Gasteiger partial charge in [-0.1, -0.05) is 22.3 Å². The Bertz CT molecular complexity index is 12.5. The molecular weight excluding hydrogens is 330 g/mol. The summed E-state index contributed by atoms with van der Waals surface area (Å²) in [4.78, 5) is 0. The highest BCUT2D eigenvalue weighted by molar-refractivity contribution is 8.93. The summed E-state index contributed by atoms with van der Waals surface area (Å²) in [5.74, 6) is 0. The highest BCUT2D eigenvalue weighted by Gasteiger charge is 0.00114. The van der Waals surface area contributed by atoms with Crippen LogP contribution in [0.5, 0.6) is 0 Å². The minimum Gasteiger partial charge on any atom is -0.114 e. The van der Waals surface area contributed by atoms with Crippen LogP contribution in [0, 0.1) is 0 Å². The summed E-state index contributed by atoms with van der Waals surface area (Å²) in [5, 5.41) is 0. The van der Waals surface area contributed by atoms with Crippen molar-refractivity contribution in [1.82, 2.24) is 0 Å². The molecule has 5 heteroatoms. The zero-order chi connectivity index (χ0) is 0. The van der Waals surface area contributed by atoms with Gasteiger partial charge in [-0.15, -0.1) is 50.9 Å². The van der Waals surface area contributed by atoms with Crippen molar-refractivity contribution >= 4 is 85.7 Å². The lowest BCUT2D eigenvalue weighted by atomic mass is 12.0. The van der Waals surface area contributed by atoms with Gasteiger partial charge >= 0.3 is 0 Å². The largest absolute Gasteiger partial charge is 0.114 e. The summed E-state index contributed by atoms with van der Waals surface area (Å²) in [7, 11) is 0. The van der Waals surface area contributed by atoms with Gasteiger partial charge in [0, 0.05) is 34.7 Å². The predicted octanol–water partition coefficient (Wildman–Crippen LogP) is 2.88. The van der Waals surface area contributed by atoms with Gasteiger partial charge in [0.05, 0.1) is 0 Å². The molecule has 0 atom stereocenters. The van der Waals surface area contributed by atoms with Crippen molar-refractivity contribution < 1.29 is 0 Å². The van der Waals surface area contributed by atoms with E-state index in [1.807, 2.05) is 0 Å². The van der Waals surface area contributed by atoms with Gasteiger partial charge in [-0.3, -0.25) is 0 Å². The molecule has 0 aliphatic rings. The molecule has 6 radical (unpaired) electrons. The zero-order valence-corrected chi connectivity index (χ0v) is 9.83. The van der Waals surface area contributed by atoms with Gasteiger partial charge < -0.3 is 0 Å². The van der Waals surface area contributed by atoms with Gasteiger partial charge in [0.2, 0.25) is 0 Å². The summed E-state index contributed by atoms with van der Waals surface area (Å²) in [5.41, 5.74) is 0. The number of halogens is 3. The maximum atomic E-state index is 0. The van der Waals surface area contributed by atoms with Crippen LogP contribution < -0.4 is 0 Å². The minimum atomic E-state index is 0. The molecule has 0 aromatic carbocycles. The summed E-state index contributed by atoms with van der Waals surface area (Å²) >= 11 is 0. The van der Waals surface area contributed by atoms with Gasteiger partial charge in [0.25, 0.3) is 0 Å². The summed E-state index contributed by atoms with van der Waals surface area (Å²) in [6, 6.07) is 0. The fraction of sp³-hybridized carbons (Fsp3) is 1.00. The first-order valence-electron chi connectivity index (χ1n) is 0. The Morgan fingerprint density at radius 1 is 0.375 bits per heavy atom. The van der Waals surface area contributed by atoms with E-state index in [2.05, 4.69) is 0 Å². The molecule has 0 aromatic rings. The van der Waals surface area contributed by atoms with Gasteiger partial charge in [0.15, 0.2) is 0 Å². The van der Waals surface area contributed by atoms with Crippen molar-refractivity contribution in [3.63, 3.8) is 0 Å². The topological polar surface area (TPSA) is 0 Å². The second-order valence-corrected chi connectivity index (χ2v) is 0. The maximum absolute atomic E-state index is 0. The van der Waals surface area contributed by atoms with Crippen molar-refractivity contribution in [2.45, 2.75) is 22.3 Å². The second kappa shape index (κ2) is 110. The standard InChI is InChI=1S/3CH4.2Al.3BrH/h3*1H4;;;3*1H. The Morgan fingerprint density at radius 3 is 0.375 bits per heavy atom. The molecule has 0 amide bonds. The predicted molar refractivity (Wildman–Crippen MR) is 62.7 cm³/mol. The first kappa shape index (κ1) is 151. The maximum Gasteiger partial charge on any atom is 0 e. The molecule has 0 bridgehead atoms. The molecule has 0 fully saturated rings. The molecule has 0 saturated carbocycles. The van der Waals surface area contributed by atoms with E-state index in [1.54, 1.807) is 0 Å². The Labute approximate surface area is 107 Å². The van der Waals surface area contributed by atoms with Crippen molar-refractivity contribution in [2.75, 3.05) is 0 Å². The lowest BCUT2D eigenvalue weighted by Gasteiger charge is -0.115. The monoisotopic (exact) mass is 342 g/mol. The van der Waals surface area contributed by atoms with Crippen molar-refractivity contribution in [2.24, 2.45) is 0 Å².